The third-order valence-corrected chi connectivity index (χ3v) is 4.11. The summed E-state index contributed by atoms with van der Waals surface area (Å²) in [5.74, 6) is -0.284. The second-order valence-corrected chi connectivity index (χ2v) is 6.40. The van der Waals surface area contributed by atoms with Crippen LogP contribution in [0.25, 0.3) is 0 Å². The topological polar surface area (TPSA) is 49.8 Å². The lowest BCUT2D eigenvalue weighted by Gasteiger charge is -2.31. The van der Waals surface area contributed by atoms with E-state index in [-0.39, 0.29) is 17.4 Å². The Bertz CT molecular complexity index is 493. The average Bonchev–Trinajstić information content (AvgIpc) is 2.84. The van der Waals surface area contributed by atoms with Crippen molar-refractivity contribution in [3.05, 3.63) is 29.8 Å². The van der Waals surface area contributed by atoms with Crippen LogP contribution in [0.2, 0.25) is 0 Å². The molecule has 0 unspecified atom stereocenters. The molecule has 1 heterocycles. The number of methoxy groups -OCH3 is 1. The molecule has 1 aliphatic heterocycles. The Kier molecular flexibility index (Phi) is 4.04. The summed E-state index contributed by atoms with van der Waals surface area (Å²) in [6.07, 6.45) is 0. The molecule has 20 heavy (non-hydrogen) atoms. The maximum atomic E-state index is 11.6. The van der Waals surface area contributed by atoms with Crippen LogP contribution in [0.1, 0.15) is 32.3 Å². The van der Waals surface area contributed by atoms with E-state index in [0.717, 1.165) is 17.9 Å². The Morgan fingerprint density at radius 3 is 2.60 bits per heavy atom. The van der Waals surface area contributed by atoms with Gasteiger partial charge in [0.25, 0.3) is 0 Å². The van der Waals surface area contributed by atoms with Gasteiger partial charge in [-0.15, -0.1) is 0 Å². The molecule has 4 heteroatoms. The Morgan fingerprint density at radius 1 is 1.35 bits per heavy atom. The van der Waals surface area contributed by atoms with Gasteiger partial charge in [0.2, 0.25) is 0 Å². The third kappa shape index (κ3) is 2.96. The van der Waals surface area contributed by atoms with E-state index >= 15 is 0 Å². The molecule has 0 spiro atoms. The highest BCUT2D eigenvalue weighted by atomic mass is 16.5. The average molecular weight is 277 g/mol. The first-order valence-electron chi connectivity index (χ1n) is 6.94. The van der Waals surface area contributed by atoms with Crippen molar-refractivity contribution >= 4 is 5.97 Å². The van der Waals surface area contributed by atoms with Gasteiger partial charge in [0.15, 0.2) is 0 Å². The van der Waals surface area contributed by atoms with Gasteiger partial charge in [0, 0.05) is 24.5 Å². The van der Waals surface area contributed by atoms with Crippen LogP contribution >= 0.6 is 0 Å². The molecule has 110 valence electrons. The minimum atomic E-state index is -0.718. The minimum absolute atomic E-state index is 0.0126. The minimum Gasteiger partial charge on any atom is -0.497 e. The molecule has 1 saturated heterocycles. The molecule has 4 nitrogen and oxygen atoms in total. The summed E-state index contributed by atoms with van der Waals surface area (Å²) < 4.78 is 5.24. The highest BCUT2D eigenvalue weighted by Crippen LogP contribution is 2.37. The predicted molar refractivity (Wildman–Crippen MR) is 78.2 cm³/mol. The summed E-state index contributed by atoms with van der Waals surface area (Å²) in [4.78, 5) is 13.8. The lowest BCUT2D eigenvalue weighted by Crippen LogP contribution is -2.40. The van der Waals surface area contributed by atoms with Gasteiger partial charge in [-0.1, -0.05) is 12.1 Å². The summed E-state index contributed by atoms with van der Waals surface area (Å²) in [7, 11) is 1.63. The number of carboxylic acid groups (broad SMARTS) is 1. The van der Waals surface area contributed by atoms with Crippen molar-refractivity contribution in [3.8, 4) is 5.75 Å². The zero-order valence-electron chi connectivity index (χ0n) is 12.6. The van der Waals surface area contributed by atoms with E-state index in [1.807, 2.05) is 24.3 Å². The van der Waals surface area contributed by atoms with E-state index in [9.17, 15) is 9.90 Å². The highest BCUT2D eigenvalue weighted by Gasteiger charge is 2.42. The van der Waals surface area contributed by atoms with Crippen LogP contribution in [-0.2, 0) is 4.79 Å². The molecule has 1 fully saturated rings. The van der Waals surface area contributed by atoms with Crippen LogP contribution in [0, 0.1) is 5.92 Å². The SMILES string of the molecule is COc1cccc([C@@H]2CN(C(C)(C)C)C[C@H]2C(=O)O)c1. The normalized spacial score (nSPS) is 23.8. The zero-order chi connectivity index (χ0) is 14.9. The van der Waals surface area contributed by atoms with Crippen LogP contribution < -0.4 is 4.74 Å². The molecule has 0 radical (unpaired) electrons. The number of carboxylic acids is 1. The fraction of sp³-hybridized carbons (Fsp3) is 0.562. The molecule has 0 amide bonds. The number of aliphatic carboxylic acids is 1. The van der Waals surface area contributed by atoms with Gasteiger partial charge in [-0.25, -0.2) is 0 Å². The lowest BCUT2D eigenvalue weighted by molar-refractivity contribution is -0.141. The van der Waals surface area contributed by atoms with Gasteiger partial charge in [0.1, 0.15) is 5.75 Å². The fourth-order valence-electron chi connectivity index (χ4n) is 2.81. The smallest absolute Gasteiger partial charge is 0.308 e. The summed E-state index contributed by atoms with van der Waals surface area (Å²) in [5, 5.41) is 9.50. The van der Waals surface area contributed by atoms with Gasteiger partial charge in [-0.3, -0.25) is 9.69 Å². The van der Waals surface area contributed by atoms with E-state index in [4.69, 9.17) is 4.74 Å². The number of hydrogen-bond acceptors (Lipinski definition) is 3. The molecule has 0 saturated carbocycles. The monoisotopic (exact) mass is 277 g/mol. The molecule has 0 aromatic heterocycles. The molecule has 1 aromatic rings. The summed E-state index contributed by atoms with van der Waals surface area (Å²) in [6.45, 7) is 7.74. The van der Waals surface area contributed by atoms with Crippen LogP contribution in [-0.4, -0.2) is 41.7 Å². The number of likely N-dealkylation sites (tertiary alicyclic amines) is 1. The van der Waals surface area contributed by atoms with Gasteiger partial charge in [-0.05, 0) is 38.5 Å². The predicted octanol–water partition coefficient (Wildman–Crippen LogP) is 2.59. The molecular weight excluding hydrogens is 254 g/mol. The lowest BCUT2D eigenvalue weighted by atomic mass is 9.89. The molecule has 0 aliphatic carbocycles. The van der Waals surface area contributed by atoms with Gasteiger partial charge in [-0.2, -0.15) is 0 Å². The number of carbonyl (C=O) groups is 1. The number of nitrogens with zero attached hydrogens (tertiary/aromatic N) is 1. The maximum Gasteiger partial charge on any atom is 0.308 e. The Hall–Kier alpha value is -1.55. The first-order chi connectivity index (χ1) is 9.32. The van der Waals surface area contributed by atoms with Gasteiger partial charge in [0.05, 0.1) is 13.0 Å². The Morgan fingerprint density at radius 2 is 2.05 bits per heavy atom. The molecule has 1 N–H and O–H groups in total. The summed E-state index contributed by atoms with van der Waals surface area (Å²) in [5.41, 5.74) is 1.03. The molecule has 2 rings (SSSR count). The largest absolute Gasteiger partial charge is 0.497 e. The van der Waals surface area contributed by atoms with Crippen molar-refractivity contribution in [2.45, 2.75) is 32.2 Å². The quantitative estimate of drug-likeness (QED) is 0.922. The van der Waals surface area contributed by atoms with Crippen molar-refractivity contribution in [2.75, 3.05) is 20.2 Å². The molecular formula is C16H23NO3. The summed E-state index contributed by atoms with van der Waals surface area (Å²) >= 11 is 0. The number of rotatable bonds is 3. The van der Waals surface area contributed by atoms with Gasteiger partial charge >= 0.3 is 5.97 Å². The summed E-state index contributed by atoms with van der Waals surface area (Å²) in [6, 6.07) is 7.75. The van der Waals surface area contributed by atoms with Crippen molar-refractivity contribution in [1.82, 2.24) is 4.90 Å². The number of benzene rings is 1. The number of ether oxygens (including phenoxy) is 1. The first-order valence-corrected chi connectivity index (χ1v) is 6.94. The molecule has 2 atom stereocenters. The van der Waals surface area contributed by atoms with E-state index in [2.05, 4.69) is 25.7 Å². The van der Waals surface area contributed by atoms with E-state index in [1.165, 1.54) is 0 Å². The van der Waals surface area contributed by atoms with Gasteiger partial charge < -0.3 is 9.84 Å². The number of hydrogen-bond donors (Lipinski definition) is 1. The van der Waals surface area contributed by atoms with E-state index in [0.29, 0.717) is 6.54 Å². The second kappa shape index (κ2) is 5.44. The van der Waals surface area contributed by atoms with E-state index in [1.54, 1.807) is 7.11 Å². The first kappa shape index (κ1) is 14.9. The molecule has 0 bridgehead atoms. The van der Waals surface area contributed by atoms with E-state index < -0.39 is 5.97 Å². The van der Waals surface area contributed by atoms with Crippen molar-refractivity contribution in [1.29, 1.82) is 0 Å². The van der Waals surface area contributed by atoms with Crippen LogP contribution in [0.4, 0.5) is 0 Å². The van der Waals surface area contributed by atoms with Crippen LogP contribution in [0.15, 0.2) is 24.3 Å². The van der Waals surface area contributed by atoms with Crippen LogP contribution in [0.3, 0.4) is 0 Å². The zero-order valence-corrected chi connectivity index (χ0v) is 12.6. The fourth-order valence-corrected chi connectivity index (χ4v) is 2.81. The molecule has 1 aromatic carbocycles. The second-order valence-electron chi connectivity index (χ2n) is 6.40. The molecule has 1 aliphatic rings. The Balaban J connectivity index is 2.30. The Labute approximate surface area is 120 Å². The van der Waals surface area contributed by atoms with Crippen molar-refractivity contribution in [3.63, 3.8) is 0 Å². The third-order valence-electron chi connectivity index (χ3n) is 4.11. The maximum absolute atomic E-state index is 11.6. The van der Waals surface area contributed by atoms with Crippen molar-refractivity contribution < 1.29 is 14.6 Å². The highest BCUT2D eigenvalue weighted by molar-refractivity contribution is 5.72. The van der Waals surface area contributed by atoms with Crippen molar-refractivity contribution in [2.24, 2.45) is 5.92 Å². The van der Waals surface area contributed by atoms with Crippen LogP contribution in [0.5, 0.6) is 5.75 Å². The standard InChI is InChI=1S/C16H23NO3/c1-16(2,3)17-9-13(14(10-17)15(18)19)11-6-5-7-12(8-11)20-4/h5-8,13-14H,9-10H2,1-4H3,(H,18,19)/t13-,14+/m0/s1.